The molecule has 21 heavy (non-hydrogen) atoms. The van der Waals surface area contributed by atoms with Gasteiger partial charge >= 0.3 is 6.36 Å². The number of halogens is 3. The summed E-state index contributed by atoms with van der Waals surface area (Å²) in [4.78, 5) is 13.6. The number of amides is 1. The first-order chi connectivity index (χ1) is 9.85. The molecule has 1 amide bonds. The molecule has 1 atom stereocenters. The minimum atomic E-state index is -4.69. The molecule has 0 bridgehead atoms. The standard InChI is InChI=1S/C13H15F3N2O2S/c1-18(12(19)11-7-21-8-17-11)6-9-2-4-10(5-3-9)20-13(14,15)16/h2-5,11,17H,6-8H2,1H3. The third-order valence-electron chi connectivity index (χ3n) is 2.97. The van der Waals surface area contributed by atoms with E-state index in [4.69, 9.17) is 0 Å². The lowest BCUT2D eigenvalue weighted by molar-refractivity contribution is -0.274. The maximum Gasteiger partial charge on any atom is 0.573 e. The average Bonchev–Trinajstić information content (AvgIpc) is 2.92. The number of nitrogens with zero attached hydrogens (tertiary/aromatic N) is 1. The van der Waals surface area contributed by atoms with Gasteiger partial charge in [-0.15, -0.1) is 24.9 Å². The van der Waals surface area contributed by atoms with Crippen molar-refractivity contribution in [1.29, 1.82) is 0 Å². The summed E-state index contributed by atoms with van der Waals surface area (Å²) in [6.45, 7) is 0.341. The van der Waals surface area contributed by atoms with Crippen LogP contribution in [-0.4, -0.2) is 41.9 Å². The van der Waals surface area contributed by atoms with Gasteiger partial charge in [0.2, 0.25) is 5.91 Å². The number of nitrogens with one attached hydrogen (secondary N) is 1. The molecule has 1 heterocycles. The van der Waals surface area contributed by atoms with E-state index >= 15 is 0 Å². The fourth-order valence-electron chi connectivity index (χ4n) is 1.97. The highest BCUT2D eigenvalue weighted by Gasteiger charge is 2.31. The topological polar surface area (TPSA) is 41.6 Å². The second kappa shape index (κ2) is 6.57. The summed E-state index contributed by atoms with van der Waals surface area (Å²) < 4.78 is 39.9. The molecule has 1 aromatic carbocycles. The van der Waals surface area contributed by atoms with Gasteiger partial charge in [-0.2, -0.15) is 0 Å². The van der Waals surface area contributed by atoms with Gasteiger partial charge < -0.3 is 9.64 Å². The molecule has 1 aromatic rings. The van der Waals surface area contributed by atoms with Crippen molar-refractivity contribution < 1.29 is 22.7 Å². The molecule has 1 aliphatic heterocycles. The van der Waals surface area contributed by atoms with E-state index in [1.165, 1.54) is 24.3 Å². The van der Waals surface area contributed by atoms with E-state index in [0.717, 1.165) is 17.2 Å². The second-order valence-corrected chi connectivity index (χ2v) is 5.69. The molecule has 1 saturated heterocycles. The number of hydrogen-bond donors (Lipinski definition) is 1. The Morgan fingerprint density at radius 1 is 1.43 bits per heavy atom. The lowest BCUT2D eigenvalue weighted by atomic mass is 10.2. The van der Waals surface area contributed by atoms with E-state index in [0.29, 0.717) is 6.54 Å². The molecule has 0 aliphatic carbocycles. The first-order valence-electron chi connectivity index (χ1n) is 6.26. The summed E-state index contributed by atoms with van der Waals surface area (Å²) in [5, 5.41) is 3.08. The molecule has 1 aliphatic rings. The van der Waals surface area contributed by atoms with Crippen LogP contribution in [0.5, 0.6) is 5.75 Å². The average molecular weight is 320 g/mol. The number of thioether (sulfide) groups is 1. The molecule has 2 rings (SSSR count). The van der Waals surface area contributed by atoms with Crippen LogP contribution in [-0.2, 0) is 11.3 Å². The van der Waals surface area contributed by atoms with Gasteiger partial charge in [0.05, 0.1) is 6.04 Å². The Bertz CT molecular complexity index is 487. The van der Waals surface area contributed by atoms with E-state index < -0.39 is 6.36 Å². The Hall–Kier alpha value is -1.41. The molecular weight excluding hydrogens is 305 g/mol. The number of likely N-dealkylation sites (N-methyl/N-ethyl adjacent to an activating group) is 1. The molecule has 8 heteroatoms. The number of rotatable bonds is 4. The molecular formula is C13H15F3N2O2S. The highest BCUT2D eigenvalue weighted by Crippen LogP contribution is 2.23. The van der Waals surface area contributed by atoms with Crippen molar-refractivity contribution in [2.24, 2.45) is 0 Å². The fraction of sp³-hybridized carbons (Fsp3) is 0.462. The zero-order chi connectivity index (χ0) is 15.5. The zero-order valence-corrected chi connectivity index (χ0v) is 12.1. The molecule has 1 N–H and O–H groups in total. The van der Waals surface area contributed by atoms with Crippen LogP contribution < -0.4 is 10.1 Å². The zero-order valence-electron chi connectivity index (χ0n) is 11.3. The number of carbonyl (C=O) groups is 1. The number of alkyl halides is 3. The smallest absolute Gasteiger partial charge is 0.406 e. The Morgan fingerprint density at radius 2 is 2.10 bits per heavy atom. The van der Waals surface area contributed by atoms with Crippen molar-refractivity contribution in [3.8, 4) is 5.75 Å². The number of carbonyl (C=O) groups excluding carboxylic acids is 1. The van der Waals surface area contributed by atoms with Crippen molar-refractivity contribution in [3.05, 3.63) is 29.8 Å². The van der Waals surface area contributed by atoms with Crippen molar-refractivity contribution >= 4 is 17.7 Å². The quantitative estimate of drug-likeness (QED) is 0.923. The van der Waals surface area contributed by atoms with Crippen LogP contribution in [0.2, 0.25) is 0 Å². The minimum Gasteiger partial charge on any atom is -0.406 e. The van der Waals surface area contributed by atoms with E-state index in [2.05, 4.69) is 10.1 Å². The largest absolute Gasteiger partial charge is 0.573 e. The predicted molar refractivity (Wildman–Crippen MR) is 73.8 cm³/mol. The van der Waals surface area contributed by atoms with Gasteiger partial charge in [-0.25, -0.2) is 0 Å². The van der Waals surface area contributed by atoms with Gasteiger partial charge in [0, 0.05) is 25.2 Å². The lowest BCUT2D eigenvalue weighted by Crippen LogP contribution is -2.42. The van der Waals surface area contributed by atoms with Crippen LogP contribution >= 0.6 is 11.8 Å². The first-order valence-corrected chi connectivity index (χ1v) is 7.41. The van der Waals surface area contributed by atoms with E-state index in [1.807, 2.05) is 0 Å². The van der Waals surface area contributed by atoms with Gasteiger partial charge in [0.1, 0.15) is 5.75 Å². The minimum absolute atomic E-state index is 0.0179. The summed E-state index contributed by atoms with van der Waals surface area (Å²) in [7, 11) is 1.67. The molecule has 1 fully saturated rings. The Labute approximate surface area is 124 Å². The molecule has 116 valence electrons. The molecule has 1 unspecified atom stereocenters. The predicted octanol–water partition coefficient (Wildman–Crippen LogP) is 2.21. The van der Waals surface area contributed by atoms with Gasteiger partial charge in [-0.1, -0.05) is 12.1 Å². The molecule has 0 aromatic heterocycles. The molecule has 0 saturated carbocycles. The Morgan fingerprint density at radius 3 is 2.62 bits per heavy atom. The number of benzene rings is 1. The van der Waals surface area contributed by atoms with Crippen LogP contribution in [0.1, 0.15) is 5.56 Å². The maximum absolute atomic E-state index is 12.1. The molecule has 4 nitrogen and oxygen atoms in total. The van der Waals surface area contributed by atoms with Gasteiger partial charge in [0.15, 0.2) is 0 Å². The van der Waals surface area contributed by atoms with Gasteiger partial charge in [-0.3, -0.25) is 10.1 Å². The molecule has 0 radical (unpaired) electrons. The van der Waals surface area contributed by atoms with E-state index in [1.54, 1.807) is 23.7 Å². The van der Waals surface area contributed by atoms with Crippen LogP contribution in [0.4, 0.5) is 13.2 Å². The fourth-order valence-corrected chi connectivity index (χ4v) is 2.90. The Balaban J connectivity index is 1.91. The summed E-state index contributed by atoms with van der Waals surface area (Å²) >= 11 is 1.66. The highest BCUT2D eigenvalue weighted by atomic mass is 32.2. The molecule has 0 spiro atoms. The highest BCUT2D eigenvalue weighted by molar-refractivity contribution is 7.99. The summed E-state index contributed by atoms with van der Waals surface area (Å²) in [5.41, 5.74) is 0.742. The third kappa shape index (κ3) is 4.82. The van der Waals surface area contributed by atoms with E-state index in [-0.39, 0.29) is 17.7 Å². The van der Waals surface area contributed by atoms with Crippen molar-refractivity contribution in [3.63, 3.8) is 0 Å². The number of ether oxygens (including phenoxy) is 1. The van der Waals surface area contributed by atoms with Crippen molar-refractivity contribution in [1.82, 2.24) is 10.2 Å². The monoisotopic (exact) mass is 320 g/mol. The SMILES string of the molecule is CN(Cc1ccc(OC(F)(F)F)cc1)C(=O)C1CSCN1. The van der Waals surface area contributed by atoms with Gasteiger partial charge in [-0.05, 0) is 17.7 Å². The summed E-state index contributed by atoms with van der Waals surface area (Å²) in [6, 6.07) is 5.33. The second-order valence-electron chi connectivity index (χ2n) is 4.66. The number of hydrogen-bond acceptors (Lipinski definition) is 4. The van der Waals surface area contributed by atoms with Crippen LogP contribution in [0.15, 0.2) is 24.3 Å². The summed E-state index contributed by atoms with van der Waals surface area (Å²) in [5.74, 6) is 1.21. The van der Waals surface area contributed by atoms with E-state index in [9.17, 15) is 18.0 Å². The lowest BCUT2D eigenvalue weighted by Gasteiger charge is -2.21. The normalized spacial score (nSPS) is 18.6. The first kappa shape index (κ1) is 16.0. The van der Waals surface area contributed by atoms with Crippen LogP contribution in [0, 0.1) is 0 Å². The Kier molecular flexibility index (Phi) is 5.00. The van der Waals surface area contributed by atoms with Crippen molar-refractivity contribution in [2.45, 2.75) is 18.9 Å². The third-order valence-corrected chi connectivity index (χ3v) is 3.91. The van der Waals surface area contributed by atoms with Gasteiger partial charge in [0.25, 0.3) is 0 Å². The van der Waals surface area contributed by atoms with Crippen molar-refractivity contribution in [2.75, 3.05) is 18.7 Å². The van der Waals surface area contributed by atoms with Crippen LogP contribution in [0.25, 0.3) is 0 Å². The maximum atomic E-state index is 12.1. The van der Waals surface area contributed by atoms with Crippen LogP contribution in [0.3, 0.4) is 0 Å². The summed E-state index contributed by atoms with van der Waals surface area (Å²) in [6.07, 6.45) is -4.69.